The van der Waals surface area contributed by atoms with Crippen LogP contribution in [0.5, 0.6) is 5.75 Å². The molecule has 43 heavy (non-hydrogen) atoms. The molecule has 230 valence electrons. The van der Waals surface area contributed by atoms with Crippen molar-refractivity contribution in [3.8, 4) is 5.75 Å². The summed E-state index contributed by atoms with van der Waals surface area (Å²) >= 11 is 7.21. The van der Waals surface area contributed by atoms with Gasteiger partial charge in [0.25, 0.3) is 11.8 Å². The fraction of sp³-hybridized carbons (Fsp3) is 0.357. The van der Waals surface area contributed by atoms with Gasteiger partial charge in [-0.25, -0.2) is 9.78 Å². The second-order valence-electron chi connectivity index (χ2n) is 9.71. The molecule has 5 rings (SSSR count). The van der Waals surface area contributed by atoms with Crippen LogP contribution in [0.2, 0.25) is 5.02 Å². The number of alkyl halides is 3. The number of pyridine rings is 1. The first-order chi connectivity index (χ1) is 20.5. The Labute approximate surface area is 254 Å². The second-order valence-corrected chi connectivity index (χ2v) is 10.9. The largest absolute Gasteiger partial charge is 0.490 e. The van der Waals surface area contributed by atoms with Gasteiger partial charge in [0.1, 0.15) is 17.7 Å². The molecule has 0 atom stereocenters. The molecule has 0 radical (unpaired) electrons. The van der Waals surface area contributed by atoms with Gasteiger partial charge in [-0.3, -0.25) is 9.59 Å². The van der Waals surface area contributed by atoms with Crippen molar-refractivity contribution in [2.24, 2.45) is 0 Å². The topological polar surface area (TPSA) is 133 Å². The van der Waals surface area contributed by atoms with Crippen molar-refractivity contribution < 1.29 is 37.4 Å². The minimum Gasteiger partial charge on any atom is -0.489 e. The van der Waals surface area contributed by atoms with E-state index in [1.807, 2.05) is 18.2 Å². The van der Waals surface area contributed by atoms with Crippen LogP contribution < -0.4 is 25.6 Å². The van der Waals surface area contributed by atoms with Crippen LogP contribution in [-0.2, 0) is 4.79 Å². The van der Waals surface area contributed by atoms with Gasteiger partial charge in [-0.15, -0.1) is 11.3 Å². The summed E-state index contributed by atoms with van der Waals surface area (Å²) in [6, 6.07) is 9.05. The minimum absolute atomic E-state index is 0.0565. The van der Waals surface area contributed by atoms with Crippen molar-refractivity contribution >= 4 is 57.9 Å². The Morgan fingerprint density at radius 2 is 1.70 bits per heavy atom. The monoisotopic (exact) mass is 639 g/mol. The van der Waals surface area contributed by atoms with E-state index in [1.54, 1.807) is 22.9 Å². The Kier molecular flexibility index (Phi) is 10.8. The molecule has 3 aromatic rings. The number of hydrogen-bond donors (Lipinski definition) is 4. The SMILES string of the molecule is O=C(Nc1ccc(Cl)cn1)c1cscc1NC(=O)c1ccc(N2CCCC2)cc1OC1CCNCC1.O=C(O)C(F)(F)F. The predicted molar refractivity (Wildman–Crippen MR) is 158 cm³/mol. The quantitative estimate of drug-likeness (QED) is 0.260. The van der Waals surface area contributed by atoms with Crippen LogP contribution in [0, 0.1) is 0 Å². The highest BCUT2D eigenvalue weighted by molar-refractivity contribution is 7.08. The van der Waals surface area contributed by atoms with Gasteiger partial charge in [0.2, 0.25) is 0 Å². The number of benzene rings is 1. The number of carbonyl (C=O) groups excluding carboxylic acids is 2. The highest BCUT2D eigenvalue weighted by Gasteiger charge is 2.38. The van der Waals surface area contributed by atoms with E-state index in [9.17, 15) is 22.8 Å². The molecule has 2 aromatic heterocycles. The van der Waals surface area contributed by atoms with E-state index < -0.39 is 12.1 Å². The van der Waals surface area contributed by atoms with Gasteiger partial charge in [0, 0.05) is 41.8 Å². The number of carbonyl (C=O) groups is 3. The van der Waals surface area contributed by atoms with E-state index in [0.717, 1.165) is 44.7 Å². The maximum atomic E-state index is 13.4. The van der Waals surface area contributed by atoms with E-state index >= 15 is 0 Å². The van der Waals surface area contributed by atoms with Crippen molar-refractivity contribution in [2.45, 2.75) is 38.0 Å². The third-order valence-electron chi connectivity index (χ3n) is 6.63. The Hall–Kier alpha value is -3.88. The Morgan fingerprint density at radius 1 is 1.02 bits per heavy atom. The van der Waals surface area contributed by atoms with Crippen molar-refractivity contribution in [3.63, 3.8) is 0 Å². The molecule has 2 fully saturated rings. The molecule has 2 aliphatic rings. The molecule has 0 bridgehead atoms. The minimum atomic E-state index is -5.08. The van der Waals surface area contributed by atoms with Crippen LogP contribution in [-0.4, -0.2) is 66.3 Å². The van der Waals surface area contributed by atoms with Crippen molar-refractivity contribution in [1.29, 1.82) is 0 Å². The van der Waals surface area contributed by atoms with E-state index in [0.29, 0.717) is 33.4 Å². The second kappa shape index (κ2) is 14.5. The summed E-state index contributed by atoms with van der Waals surface area (Å²) in [5, 5.41) is 20.0. The Balaban J connectivity index is 0.000000541. The highest BCUT2D eigenvalue weighted by Crippen LogP contribution is 2.31. The van der Waals surface area contributed by atoms with Crippen molar-refractivity contribution in [3.05, 3.63) is 63.4 Å². The zero-order chi connectivity index (χ0) is 31.0. The number of nitrogens with zero attached hydrogens (tertiary/aromatic N) is 2. The van der Waals surface area contributed by atoms with Gasteiger partial charge in [-0.05, 0) is 63.0 Å². The molecule has 10 nitrogen and oxygen atoms in total. The number of piperidine rings is 1. The Bertz CT molecular complexity index is 1420. The number of hydrogen-bond acceptors (Lipinski definition) is 8. The Morgan fingerprint density at radius 3 is 2.33 bits per heavy atom. The first-order valence-electron chi connectivity index (χ1n) is 13.4. The molecule has 2 amide bonds. The smallest absolute Gasteiger partial charge is 0.489 e. The molecule has 4 N–H and O–H groups in total. The summed E-state index contributed by atoms with van der Waals surface area (Å²) in [5.41, 5.74) is 2.32. The first kappa shape index (κ1) is 32.0. The van der Waals surface area contributed by atoms with Gasteiger partial charge in [-0.2, -0.15) is 13.2 Å². The lowest BCUT2D eigenvalue weighted by molar-refractivity contribution is -0.192. The lowest BCUT2D eigenvalue weighted by atomic mass is 10.1. The zero-order valence-corrected chi connectivity index (χ0v) is 24.3. The van der Waals surface area contributed by atoms with Crippen LogP contribution in [0.3, 0.4) is 0 Å². The van der Waals surface area contributed by atoms with Crippen molar-refractivity contribution in [2.75, 3.05) is 41.7 Å². The molecule has 15 heteroatoms. The molecule has 0 aliphatic carbocycles. The summed E-state index contributed by atoms with van der Waals surface area (Å²) < 4.78 is 38.1. The number of carboxylic acid groups (broad SMARTS) is 1. The standard InChI is InChI=1S/C26H28ClN5O3S.C2HF3O2/c27-17-3-6-24(29-14-17)31-26(34)21-15-36-16-22(21)30-25(33)20-5-4-18(32-11-1-2-12-32)13-23(20)35-19-7-9-28-10-8-19;3-2(4,5)1(6)7/h3-6,13-16,19,28H,1-2,7-12H2,(H,30,33)(H,29,31,34);(H,6,7). The van der Waals surface area contributed by atoms with Crippen LogP contribution in [0.15, 0.2) is 47.3 Å². The van der Waals surface area contributed by atoms with Gasteiger partial charge in [0.05, 0.1) is 21.8 Å². The summed E-state index contributed by atoms with van der Waals surface area (Å²) in [5.74, 6) is -2.48. The lowest BCUT2D eigenvalue weighted by Gasteiger charge is -2.26. The molecular formula is C28H29ClF3N5O5S. The van der Waals surface area contributed by atoms with E-state index in [4.69, 9.17) is 26.2 Å². The van der Waals surface area contributed by atoms with Gasteiger partial charge in [-0.1, -0.05) is 11.6 Å². The molecule has 0 spiro atoms. The molecule has 2 saturated heterocycles. The average Bonchev–Trinajstić information content (AvgIpc) is 3.68. The molecule has 1 aromatic carbocycles. The van der Waals surface area contributed by atoms with Gasteiger partial charge in [0.15, 0.2) is 0 Å². The van der Waals surface area contributed by atoms with Gasteiger partial charge >= 0.3 is 12.1 Å². The number of anilines is 3. The number of aliphatic carboxylic acids is 1. The number of thiophene rings is 1. The number of aromatic nitrogens is 1. The third kappa shape index (κ3) is 9.05. The number of carboxylic acids is 1. The van der Waals surface area contributed by atoms with Crippen LogP contribution in [0.4, 0.5) is 30.4 Å². The summed E-state index contributed by atoms with van der Waals surface area (Å²) in [6.07, 6.45) is 0.553. The molecule has 0 unspecified atom stereocenters. The van der Waals surface area contributed by atoms with E-state index in [-0.39, 0.29) is 17.9 Å². The first-order valence-corrected chi connectivity index (χ1v) is 14.7. The van der Waals surface area contributed by atoms with Crippen LogP contribution in [0.1, 0.15) is 46.4 Å². The lowest BCUT2D eigenvalue weighted by Crippen LogP contribution is -2.34. The average molecular weight is 640 g/mol. The molecule has 4 heterocycles. The fourth-order valence-corrected chi connectivity index (χ4v) is 5.33. The fourth-order valence-electron chi connectivity index (χ4n) is 4.45. The maximum absolute atomic E-state index is 13.4. The summed E-state index contributed by atoms with van der Waals surface area (Å²) in [4.78, 5) is 41.6. The highest BCUT2D eigenvalue weighted by atomic mass is 35.5. The number of halogens is 4. The number of rotatable bonds is 7. The molecule has 0 saturated carbocycles. The van der Waals surface area contributed by atoms with Crippen LogP contribution in [0.25, 0.3) is 0 Å². The normalized spacial score (nSPS) is 15.3. The predicted octanol–water partition coefficient (Wildman–Crippen LogP) is 5.67. The third-order valence-corrected chi connectivity index (χ3v) is 7.59. The number of nitrogens with one attached hydrogen (secondary N) is 3. The van der Waals surface area contributed by atoms with Crippen molar-refractivity contribution in [1.82, 2.24) is 10.3 Å². The van der Waals surface area contributed by atoms with E-state index in [2.05, 4.69) is 25.8 Å². The van der Waals surface area contributed by atoms with E-state index in [1.165, 1.54) is 30.4 Å². The van der Waals surface area contributed by atoms with Gasteiger partial charge < -0.3 is 30.7 Å². The molecular weight excluding hydrogens is 611 g/mol. The number of amides is 2. The zero-order valence-electron chi connectivity index (χ0n) is 22.7. The summed E-state index contributed by atoms with van der Waals surface area (Å²) in [7, 11) is 0. The summed E-state index contributed by atoms with van der Waals surface area (Å²) in [6.45, 7) is 3.81. The van der Waals surface area contributed by atoms with Crippen LogP contribution >= 0.6 is 22.9 Å². The number of ether oxygens (including phenoxy) is 1. The maximum Gasteiger partial charge on any atom is 0.490 e. The molecule has 2 aliphatic heterocycles.